The first kappa shape index (κ1) is 18.3. The van der Waals surface area contributed by atoms with Gasteiger partial charge in [-0.3, -0.25) is 9.10 Å². The van der Waals surface area contributed by atoms with E-state index in [0.29, 0.717) is 28.4 Å². The Bertz CT molecular complexity index is 1110. The van der Waals surface area contributed by atoms with Crippen molar-refractivity contribution in [3.05, 3.63) is 65.5 Å². The maximum absolute atomic E-state index is 12.6. The van der Waals surface area contributed by atoms with Gasteiger partial charge in [0.15, 0.2) is 11.5 Å². The molecule has 144 valence electrons. The molecule has 0 saturated carbocycles. The first-order chi connectivity index (χ1) is 13.4. The van der Waals surface area contributed by atoms with Crippen molar-refractivity contribution in [1.82, 2.24) is 0 Å². The van der Waals surface area contributed by atoms with E-state index in [-0.39, 0.29) is 16.9 Å². The predicted octanol–water partition coefficient (Wildman–Crippen LogP) is 3.55. The molecule has 0 unspecified atom stereocenters. The van der Waals surface area contributed by atoms with Gasteiger partial charge in [-0.2, -0.15) is 0 Å². The molecule has 0 radical (unpaired) electrons. The molecule has 1 aliphatic rings. The molecular formula is C19H16N2O5S2. The zero-order valence-corrected chi connectivity index (χ0v) is 16.4. The van der Waals surface area contributed by atoms with Gasteiger partial charge in [0.25, 0.3) is 15.9 Å². The van der Waals surface area contributed by atoms with Crippen LogP contribution in [0, 0.1) is 0 Å². The van der Waals surface area contributed by atoms with Gasteiger partial charge >= 0.3 is 0 Å². The summed E-state index contributed by atoms with van der Waals surface area (Å²) in [5, 5.41) is 4.50. The number of fused-ring (bicyclic) bond motifs is 1. The molecule has 2 aromatic carbocycles. The summed E-state index contributed by atoms with van der Waals surface area (Å²) in [6, 6.07) is 14.7. The summed E-state index contributed by atoms with van der Waals surface area (Å²) in [5.74, 6) is 0.903. The number of hydrogen-bond acceptors (Lipinski definition) is 6. The highest BCUT2D eigenvalue weighted by molar-refractivity contribution is 7.94. The van der Waals surface area contributed by atoms with Crippen molar-refractivity contribution in [1.29, 1.82) is 0 Å². The van der Waals surface area contributed by atoms with Crippen molar-refractivity contribution in [3.8, 4) is 11.5 Å². The van der Waals surface area contributed by atoms with E-state index in [1.54, 1.807) is 60.0 Å². The molecule has 3 aromatic rings. The van der Waals surface area contributed by atoms with E-state index in [9.17, 15) is 13.2 Å². The molecule has 1 N–H and O–H groups in total. The first-order valence-corrected chi connectivity index (χ1v) is 10.6. The molecule has 7 nitrogen and oxygen atoms in total. The first-order valence-electron chi connectivity index (χ1n) is 8.29. The Labute approximate surface area is 166 Å². The van der Waals surface area contributed by atoms with E-state index in [4.69, 9.17) is 9.47 Å². The Kier molecular flexibility index (Phi) is 4.70. The van der Waals surface area contributed by atoms with Crippen molar-refractivity contribution in [2.45, 2.75) is 4.21 Å². The molecule has 1 aromatic heterocycles. The fourth-order valence-corrected chi connectivity index (χ4v) is 5.04. The molecule has 0 aliphatic carbocycles. The molecule has 0 atom stereocenters. The highest BCUT2D eigenvalue weighted by Gasteiger charge is 2.22. The van der Waals surface area contributed by atoms with Gasteiger partial charge in [0.05, 0.1) is 5.69 Å². The van der Waals surface area contributed by atoms with E-state index in [0.717, 1.165) is 11.3 Å². The number of benzene rings is 2. The number of carbonyl (C=O) groups excluding carboxylic acids is 1. The van der Waals surface area contributed by atoms with Gasteiger partial charge in [0, 0.05) is 24.4 Å². The number of nitrogens with zero attached hydrogens (tertiary/aromatic N) is 1. The number of amides is 1. The van der Waals surface area contributed by atoms with Crippen molar-refractivity contribution in [2.24, 2.45) is 0 Å². The number of sulfonamides is 1. The molecule has 2 heterocycles. The van der Waals surface area contributed by atoms with Crippen LogP contribution in [0.25, 0.3) is 0 Å². The molecular weight excluding hydrogens is 400 g/mol. The van der Waals surface area contributed by atoms with Gasteiger partial charge in [-0.05, 0) is 47.8 Å². The Hall–Kier alpha value is -3.04. The minimum atomic E-state index is -3.61. The van der Waals surface area contributed by atoms with Crippen LogP contribution in [-0.2, 0) is 10.0 Å². The third-order valence-electron chi connectivity index (χ3n) is 4.23. The quantitative estimate of drug-likeness (QED) is 0.688. The van der Waals surface area contributed by atoms with Crippen LogP contribution in [0.5, 0.6) is 11.5 Å². The third-order valence-corrected chi connectivity index (χ3v) is 7.39. The minimum absolute atomic E-state index is 0.163. The van der Waals surface area contributed by atoms with Crippen LogP contribution in [0.2, 0.25) is 0 Å². The maximum Gasteiger partial charge on any atom is 0.273 e. The fraction of sp³-hybridized carbons (Fsp3) is 0.105. The average Bonchev–Trinajstić information content (AvgIpc) is 3.39. The van der Waals surface area contributed by atoms with E-state index in [1.165, 1.54) is 11.4 Å². The Morgan fingerprint density at radius 3 is 2.54 bits per heavy atom. The lowest BCUT2D eigenvalue weighted by Gasteiger charge is -2.18. The topological polar surface area (TPSA) is 84.9 Å². The standard InChI is InChI=1S/C19H16N2O5S2/c1-21(28(23,24)18-3-2-10-27-18)15-7-4-13(5-8-15)19(22)20-14-6-9-16-17(11-14)26-12-25-16/h2-11H,12H2,1H3,(H,20,22). The number of hydrogen-bond donors (Lipinski definition) is 1. The van der Waals surface area contributed by atoms with Gasteiger partial charge in [-0.1, -0.05) is 6.07 Å². The number of nitrogens with one attached hydrogen (secondary N) is 1. The second-order valence-corrected chi connectivity index (χ2v) is 9.12. The summed E-state index contributed by atoms with van der Waals surface area (Å²) in [4.78, 5) is 12.5. The van der Waals surface area contributed by atoms with Gasteiger partial charge in [-0.15, -0.1) is 11.3 Å². The van der Waals surface area contributed by atoms with Gasteiger partial charge in [0.2, 0.25) is 6.79 Å². The Morgan fingerprint density at radius 2 is 1.82 bits per heavy atom. The largest absolute Gasteiger partial charge is 0.454 e. The van der Waals surface area contributed by atoms with Gasteiger partial charge < -0.3 is 14.8 Å². The zero-order chi connectivity index (χ0) is 19.7. The summed E-state index contributed by atoms with van der Waals surface area (Å²) in [6.07, 6.45) is 0. The van der Waals surface area contributed by atoms with E-state index in [1.807, 2.05) is 0 Å². The van der Waals surface area contributed by atoms with Gasteiger partial charge in [-0.25, -0.2) is 8.42 Å². The fourth-order valence-electron chi connectivity index (χ4n) is 2.68. The van der Waals surface area contributed by atoms with Crippen LogP contribution in [-0.4, -0.2) is 28.2 Å². The summed E-state index contributed by atoms with van der Waals surface area (Å²) < 4.78 is 37.2. The summed E-state index contributed by atoms with van der Waals surface area (Å²) in [7, 11) is -2.13. The number of thiophene rings is 1. The molecule has 1 aliphatic heterocycles. The molecule has 1 amide bonds. The van der Waals surface area contributed by atoms with E-state index < -0.39 is 10.0 Å². The molecule has 4 rings (SSSR count). The van der Waals surface area contributed by atoms with E-state index >= 15 is 0 Å². The van der Waals surface area contributed by atoms with Gasteiger partial charge in [0.1, 0.15) is 4.21 Å². The third kappa shape index (κ3) is 3.41. The molecule has 0 spiro atoms. The molecule has 0 bridgehead atoms. The molecule has 0 saturated heterocycles. The average molecular weight is 416 g/mol. The lowest BCUT2D eigenvalue weighted by atomic mass is 10.2. The molecule has 0 fully saturated rings. The lowest BCUT2D eigenvalue weighted by molar-refractivity contribution is 0.102. The van der Waals surface area contributed by atoms with Crippen molar-refractivity contribution < 1.29 is 22.7 Å². The Balaban J connectivity index is 1.49. The molecule has 28 heavy (non-hydrogen) atoms. The number of anilines is 2. The highest BCUT2D eigenvalue weighted by atomic mass is 32.2. The number of ether oxygens (including phenoxy) is 2. The zero-order valence-electron chi connectivity index (χ0n) is 14.8. The SMILES string of the molecule is CN(c1ccc(C(=O)Nc2ccc3c(c2)OCO3)cc1)S(=O)(=O)c1cccs1. The predicted molar refractivity (Wildman–Crippen MR) is 107 cm³/mol. The minimum Gasteiger partial charge on any atom is -0.454 e. The maximum atomic E-state index is 12.6. The van der Waals surface area contributed by atoms with Crippen LogP contribution < -0.4 is 19.1 Å². The normalized spacial score (nSPS) is 12.6. The monoisotopic (exact) mass is 416 g/mol. The lowest BCUT2D eigenvalue weighted by Crippen LogP contribution is -2.25. The van der Waals surface area contributed by atoms with Crippen LogP contribution in [0.1, 0.15) is 10.4 Å². The van der Waals surface area contributed by atoms with Crippen molar-refractivity contribution in [2.75, 3.05) is 23.5 Å². The number of carbonyl (C=O) groups is 1. The summed E-state index contributed by atoms with van der Waals surface area (Å²) >= 11 is 1.16. The molecule has 9 heteroatoms. The second-order valence-electron chi connectivity index (χ2n) is 5.97. The van der Waals surface area contributed by atoms with Crippen LogP contribution in [0.3, 0.4) is 0 Å². The number of rotatable bonds is 5. The second kappa shape index (κ2) is 7.17. The highest BCUT2D eigenvalue weighted by Crippen LogP contribution is 2.34. The van der Waals surface area contributed by atoms with Crippen LogP contribution in [0.15, 0.2) is 64.2 Å². The van der Waals surface area contributed by atoms with Crippen molar-refractivity contribution >= 4 is 38.6 Å². The smallest absolute Gasteiger partial charge is 0.273 e. The van der Waals surface area contributed by atoms with Crippen LogP contribution in [0.4, 0.5) is 11.4 Å². The Morgan fingerprint density at radius 1 is 1.07 bits per heavy atom. The van der Waals surface area contributed by atoms with E-state index in [2.05, 4.69) is 5.32 Å². The summed E-state index contributed by atoms with van der Waals surface area (Å²) in [5.41, 5.74) is 1.45. The van der Waals surface area contributed by atoms with Crippen molar-refractivity contribution in [3.63, 3.8) is 0 Å². The van der Waals surface area contributed by atoms with Crippen LogP contribution >= 0.6 is 11.3 Å². The summed E-state index contributed by atoms with van der Waals surface area (Å²) in [6.45, 7) is 0.163.